The number of anilines is 2. The van der Waals surface area contributed by atoms with Crippen LogP contribution in [0.3, 0.4) is 0 Å². The number of carbonyl (C=O) groups excluding carboxylic acids is 1. The lowest BCUT2D eigenvalue weighted by Gasteiger charge is -2.31. The van der Waals surface area contributed by atoms with Crippen molar-refractivity contribution < 1.29 is 13.9 Å². The summed E-state index contributed by atoms with van der Waals surface area (Å²) in [5, 5.41) is 0. The van der Waals surface area contributed by atoms with Gasteiger partial charge in [-0.3, -0.25) is 4.79 Å². The second-order valence-corrected chi connectivity index (χ2v) is 6.40. The van der Waals surface area contributed by atoms with Crippen LogP contribution in [0.25, 0.3) is 0 Å². The molecule has 3 rings (SSSR count). The Morgan fingerprint density at radius 1 is 1.28 bits per heavy atom. The smallest absolute Gasteiger partial charge is 0.310 e. The lowest BCUT2D eigenvalue weighted by atomic mass is 9.97. The molecule has 0 spiro atoms. The summed E-state index contributed by atoms with van der Waals surface area (Å²) in [6.45, 7) is 5.51. The summed E-state index contributed by atoms with van der Waals surface area (Å²) in [6.07, 6.45) is 0.861. The number of nitrogens with zero attached hydrogens (tertiary/aromatic N) is 1. The molecule has 0 radical (unpaired) electrons. The van der Waals surface area contributed by atoms with Gasteiger partial charge in [-0.2, -0.15) is 0 Å². The molecule has 0 fully saturated rings. The lowest BCUT2D eigenvalue weighted by molar-refractivity contribution is -0.142. The maximum Gasteiger partial charge on any atom is 0.310 e. The number of ether oxygens (including phenoxy) is 1. The van der Waals surface area contributed by atoms with Gasteiger partial charge >= 0.3 is 5.97 Å². The number of nitrogens with two attached hydrogens (primary N) is 1. The van der Waals surface area contributed by atoms with E-state index in [4.69, 9.17) is 10.5 Å². The molecule has 132 valence electrons. The number of esters is 1. The van der Waals surface area contributed by atoms with Crippen molar-refractivity contribution in [3.05, 3.63) is 58.4 Å². The summed E-state index contributed by atoms with van der Waals surface area (Å²) in [5.74, 6) is -0.860. The zero-order valence-electron chi connectivity index (χ0n) is 14.6. The van der Waals surface area contributed by atoms with Gasteiger partial charge in [-0.1, -0.05) is 29.8 Å². The van der Waals surface area contributed by atoms with E-state index in [9.17, 15) is 9.18 Å². The van der Waals surface area contributed by atoms with E-state index >= 15 is 0 Å². The molecule has 1 aliphatic rings. The number of hydrogen-bond donors (Lipinski definition) is 1. The summed E-state index contributed by atoms with van der Waals surface area (Å²) < 4.78 is 19.7. The summed E-state index contributed by atoms with van der Waals surface area (Å²) >= 11 is 0. The number of carbonyl (C=O) groups is 1. The monoisotopic (exact) mass is 342 g/mol. The van der Waals surface area contributed by atoms with E-state index in [1.807, 2.05) is 4.90 Å². The molecule has 2 aromatic rings. The molecule has 0 bridgehead atoms. The fourth-order valence-electron chi connectivity index (χ4n) is 3.27. The Balaban J connectivity index is 1.83. The highest BCUT2D eigenvalue weighted by Crippen LogP contribution is 2.31. The van der Waals surface area contributed by atoms with E-state index in [2.05, 4.69) is 25.1 Å². The minimum Gasteiger partial charge on any atom is -0.466 e. The fourth-order valence-corrected chi connectivity index (χ4v) is 3.27. The largest absolute Gasteiger partial charge is 0.466 e. The van der Waals surface area contributed by atoms with Crippen LogP contribution in [0.15, 0.2) is 30.3 Å². The number of aryl methyl sites for hydroxylation is 1. The van der Waals surface area contributed by atoms with E-state index in [0.29, 0.717) is 24.4 Å². The topological polar surface area (TPSA) is 55.6 Å². The Labute approximate surface area is 147 Å². The van der Waals surface area contributed by atoms with Crippen molar-refractivity contribution >= 4 is 17.3 Å². The Hall–Kier alpha value is -2.56. The predicted molar refractivity (Wildman–Crippen MR) is 97.1 cm³/mol. The molecule has 2 aromatic carbocycles. The average molecular weight is 342 g/mol. The SMILES string of the molecule is CCOC(=O)Cc1ccc(N2CCc3cc(C)ccc3C2)c(F)c1N. The van der Waals surface area contributed by atoms with Gasteiger partial charge in [-0.25, -0.2) is 4.39 Å². The summed E-state index contributed by atoms with van der Waals surface area (Å²) in [5.41, 5.74) is 10.7. The molecule has 0 aromatic heterocycles. The van der Waals surface area contributed by atoms with Crippen molar-refractivity contribution in [2.45, 2.75) is 33.2 Å². The van der Waals surface area contributed by atoms with Crippen LogP contribution < -0.4 is 10.6 Å². The normalized spacial score (nSPS) is 13.5. The first-order valence-corrected chi connectivity index (χ1v) is 8.55. The highest BCUT2D eigenvalue weighted by molar-refractivity contribution is 5.76. The van der Waals surface area contributed by atoms with Gasteiger partial charge in [0.15, 0.2) is 5.82 Å². The Morgan fingerprint density at radius 3 is 2.84 bits per heavy atom. The van der Waals surface area contributed by atoms with Crippen LogP contribution >= 0.6 is 0 Å². The van der Waals surface area contributed by atoms with Gasteiger partial charge < -0.3 is 15.4 Å². The molecule has 1 aliphatic heterocycles. The van der Waals surface area contributed by atoms with Crippen molar-refractivity contribution in [3.63, 3.8) is 0 Å². The van der Waals surface area contributed by atoms with Crippen LogP contribution in [0.5, 0.6) is 0 Å². The Bertz CT molecular complexity index is 805. The third-order valence-corrected chi connectivity index (χ3v) is 4.60. The van der Waals surface area contributed by atoms with Crippen molar-refractivity contribution in [1.29, 1.82) is 0 Å². The molecule has 0 amide bonds. The minimum atomic E-state index is -0.461. The standard InChI is InChI=1S/C20H23FN2O2/c1-3-25-18(24)11-15-6-7-17(19(21)20(15)22)23-9-8-14-10-13(2)4-5-16(14)12-23/h4-7,10H,3,8-9,11-12,22H2,1-2H3. The number of nitrogen functional groups attached to an aromatic ring is 1. The summed E-state index contributed by atoms with van der Waals surface area (Å²) in [7, 11) is 0. The Morgan fingerprint density at radius 2 is 2.08 bits per heavy atom. The van der Waals surface area contributed by atoms with E-state index in [0.717, 1.165) is 13.0 Å². The number of benzene rings is 2. The van der Waals surface area contributed by atoms with Crippen LogP contribution in [0.1, 0.15) is 29.2 Å². The maximum atomic E-state index is 14.8. The predicted octanol–water partition coefficient (Wildman–Crippen LogP) is 3.38. The molecule has 0 aliphatic carbocycles. The molecule has 4 nitrogen and oxygen atoms in total. The number of rotatable bonds is 4. The molecule has 0 saturated heterocycles. The first kappa shape index (κ1) is 17.3. The average Bonchev–Trinajstić information content (AvgIpc) is 2.59. The number of fused-ring (bicyclic) bond motifs is 1. The first-order chi connectivity index (χ1) is 12.0. The van der Waals surface area contributed by atoms with Crippen molar-refractivity contribution in [1.82, 2.24) is 0 Å². The van der Waals surface area contributed by atoms with Gasteiger partial charge in [-0.05, 0) is 43.0 Å². The molecule has 2 N–H and O–H groups in total. The van der Waals surface area contributed by atoms with Gasteiger partial charge in [0.05, 0.1) is 24.4 Å². The molecular formula is C20H23FN2O2. The first-order valence-electron chi connectivity index (χ1n) is 8.55. The minimum absolute atomic E-state index is 0.0149. The van der Waals surface area contributed by atoms with Crippen LogP contribution in [-0.2, 0) is 28.9 Å². The third kappa shape index (κ3) is 3.60. The van der Waals surface area contributed by atoms with Gasteiger partial charge in [0.25, 0.3) is 0 Å². The Kier molecular flexibility index (Phi) is 4.93. The summed E-state index contributed by atoms with van der Waals surface area (Å²) in [6, 6.07) is 9.80. The number of halogens is 1. The molecule has 0 unspecified atom stereocenters. The maximum absolute atomic E-state index is 14.8. The van der Waals surface area contributed by atoms with Crippen LogP contribution in [0.2, 0.25) is 0 Å². The van der Waals surface area contributed by atoms with Gasteiger partial charge in [0.2, 0.25) is 0 Å². The second kappa shape index (κ2) is 7.13. The third-order valence-electron chi connectivity index (χ3n) is 4.60. The molecule has 1 heterocycles. The van der Waals surface area contributed by atoms with Crippen molar-refractivity contribution in [3.8, 4) is 0 Å². The highest BCUT2D eigenvalue weighted by atomic mass is 19.1. The van der Waals surface area contributed by atoms with E-state index in [1.165, 1.54) is 16.7 Å². The molecule has 5 heteroatoms. The lowest BCUT2D eigenvalue weighted by Crippen LogP contribution is -2.31. The van der Waals surface area contributed by atoms with Gasteiger partial charge in [0, 0.05) is 13.1 Å². The summed E-state index contributed by atoms with van der Waals surface area (Å²) in [4.78, 5) is 13.6. The second-order valence-electron chi connectivity index (χ2n) is 6.40. The van der Waals surface area contributed by atoms with E-state index < -0.39 is 11.8 Å². The quantitative estimate of drug-likeness (QED) is 0.684. The van der Waals surface area contributed by atoms with Crippen molar-refractivity contribution in [2.24, 2.45) is 0 Å². The molecule has 25 heavy (non-hydrogen) atoms. The zero-order valence-corrected chi connectivity index (χ0v) is 14.6. The highest BCUT2D eigenvalue weighted by Gasteiger charge is 2.22. The van der Waals surface area contributed by atoms with E-state index in [-0.39, 0.29) is 12.1 Å². The molecular weight excluding hydrogens is 319 g/mol. The fraction of sp³-hybridized carbons (Fsp3) is 0.350. The number of hydrogen-bond acceptors (Lipinski definition) is 4. The van der Waals surface area contributed by atoms with Crippen molar-refractivity contribution in [2.75, 3.05) is 23.8 Å². The van der Waals surface area contributed by atoms with Gasteiger partial charge in [-0.15, -0.1) is 0 Å². The van der Waals surface area contributed by atoms with Gasteiger partial charge in [0.1, 0.15) is 0 Å². The van der Waals surface area contributed by atoms with Crippen LogP contribution in [0.4, 0.5) is 15.8 Å². The molecule has 0 saturated carbocycles. The van der Waals surface area contributed by atoms with E-state index in [1.54, 1.807) is 19.1 Å². The van der Waals surface area contributed by atoms with Crippen LogP contribution in [-0.4, -0.2) is 19.1 Å². The van der Waals surface area contributed by atoms with Crippen LogP contribution in [0, 0.1) is 12.7 Å². The zero-order chi connectivity index (χ0) is 18.0. The molecule has 0 atom stereocenters.